The molecular weight excluding hydrogens is 388 g/mol. The Morgan fingerprint density at radius 3 is 2.27 bits per heavy atom. The number of benzene rings is 2. The van der Waals surface area contributed by atoms with Gasteiger partial charge in [0.2, 0.25) is 5.91 Å². The van der Waals surface area contributed by atoms with Crippen molar-refractivity contribution in [3.05, 3.63) is 58.6 Å². The zero-order chi connectivity index (χ0) is 22.1. The van der Waals surface area contributed by atoms with Crippen molar-refractivity contribution < 1.29 is 19.2 Å². The second kappa shape index (κ2) is 10.8. The molecule has 0 atom stereocenters. The molecule has 2 N–H and O–H groups in total. The van der Waals surface area contributed by atoms with Crippen LogP contribution in [-0.4, -0.2) is 37.1 Å². The lowest BCUT2D eigenvalue weighted by Gasteiger charge is -2.24. The average Bonchev–Trinajstić information content (AvgIpc) is 2.74. The van der Waals surface area contributed by atoms with Crippen LogP contribution in [0.15, 0.2) is 48.5 Å². The molecule has 3 amide bonds. The zero-order valence-corrected chi connectivity index (χ0v) is 17.3. The van der Waals surface area contributed by atoms with Crippen molar-refractivity contribution in [2.45, 2.75) is 20.3 Å². The highest BCUT2D eigenvalue weighted by atomic mass is 16.6. The van der Waals surface area contributed by atoms with Gasteiger partial charge in [0.15, 0.2) is 0 Å². The Balaban J connectivity index is 2.09. The molecule has 2 rings (SSSR count). The summed E-state index contributed by atoms with van der Waals surface area (Å²) in [5.74, 6) is 0.521. The van der Waals surface area contributed by atoms with Crippen LogP contribution in [-0.2, 0) is 4.79 Å². The maximum Gasteiger partial charge on any atom is 0.326 e. The molecule has 0 saturated heterocycles. The topological polar surface area (TPSA) is 114 Å². The Morgan fingerprint density at radius 2 is 1.73 bits per heavy atom. The van der Waals surface area contributed by atoms with Crippen LogP contribution in [0.25, 0.3) is 0 Å². The lowest BCUT2D eigenvalue weighted by atomic mass is 10.2. The number of hydrogen-bond donors (Lipinski definition) is 2. The summed E-state index contributed by atoms with van der Waals surface area (Å²) in [6.45, 7) is 4.44. The number of nitro groups is 1. The third-order valence-electron chi connectivity index (χ3n) is 4.34. The number of carbonyl (C=O) groups is 2. The number of hydrogen-bond acceptors (Lipinski definition) is 5. The third-order valence-corrected chi connectivity index (χ3v) is 4.34. The summed E-state index contributed by atoms with van der Waals surface area (Å²) in [7, 11) is 1.56. The van der Waals surface area contributed by atoms with E-state index in [1.165, 1.54) is 24.3 Å². The number of urea groups is 1. The molecule has 30 heavy (non-hydrogen) atoms. The van der Waals surface area contributed by atoms with Crippen molar-refractivity contribution in [3.8, 4) is 5.75 Å². The van der Waals surface area contributed by atoms with Gasteiger partial charge in [-0.05, 0) is 42.8 Å². The first kappa shape index (κ1) is 22.7. The van der Waals surface area contributed by atoms with E-state index in [4.69, 9.17) is 4.74 Å². The zero-order valence-electron chi connectivity index (χ0n) is 17.3. The van der Waals surface area contributed by atoms with Gasteiger partial charge in [-0.1, -0.05) is 13.8 Å². The fourth-order valence-electron chi connectivity index (χ4n) is 2.62. The van der Waals surface area contributed by atoms with Crippen LogP contribution in [0.4, 0.5) is 21.9 Å². The van der Waals surface area contributed by atoms with Crippen molar-refractivity contribution in [1.82, 2.24) is 5.32 Å². The van der Waals surface area contributed by atoms with Crippen molar-refractivity contribution in [2.24, 2.45) is 5.92 Å². The Labute approximate surface area is 175 Å². The monoisotopic (exact) mass is 414 g/mol. The third kappa shape index (κ3) is 6.47. The van der Waals surface area contributed by atoms with E-state index in [1.54, 1.807) is 36.3 Å². The highest BCUT2D eigenvalue weighted by Crippen LogP contribution is 2.21. The van der Waals surface area contributed by atoms with Gasteiger partial charge < -0.3 is 15.4 Å². The average molecular weight is 414 g/mol. The molecule has 0 saturated carbocycles. The summed E-state index contributed by atoms with van der Waals surface area (Å²) >= 11 is 0. The van der Waals surface area contributed by atoms with Gasteiger partial charge in [-0.2, -0.15) is 0 Å². The molecular formula is C21H26N4O5. The van der Waals surface area contributed by atoms with Gasteiger partial charge in [-0.15, -0.1) is 0 Å². The SMILES string of the molecule is COc1ccc(N(CCCNC(=O)C(C)C)C(=O)Nc2ccc([N+](=O)[O-])cc2)cc1. The highest BCUT2D eigenvalue weighted by molar-refractivity contribution is 6.01. The fourth-order valence-corrected chi connectivity index (χ4v) is 2.62. The smallest absolute Gasteiger partial charge is 0.326 e. The molecule has 0 aromatic heterocycles. The Morgan fingerprint density at radius 1 is 1.10 bits per heavy atom. The normalized spacial score (nSPS) is 10.4. The van der Waals surface area contributed by atoms with Gasteiger partial charge in [0.25, 0.3) is 5.69 Å². The minimum absolute atomic E-state index is 0.0404. The predicted molar refractivity (Wildman–Crippen MR) is 115 cm³/mol. The molecule has 0 aliphatic carbocycles. The van der Waals surface area contributed by atoms with E-state index < -0.39 is 4.92 Å². The number of anilines is 2. The molecule has 0 bridgehead atoms. The van der Waals surface area contributed by atoms with E-state index in [2.05, 4.69) is 10.6 Å². The van der Waals surface area contributed by atoms with Gasteiger partial charge in [0.05, 0.1) is 12.0 Å². The molecule has 0 radical (unpaired) electrons. The lowest BCUT2D eigenvalue weighted by molar-refractivity contribution is -0.384. The second-order valence-corrected chi connectivity index (χ2v) is 6.88. The number of methoxy groups -OCH3 is 1. The highest BCUT2D eigenvalue weighted by Gasteiger charge is 2.17. The standard InChI is InChI=1S/C21H26N4O5/c1-15(2)20(26)22-13-4-14-24(17-9-11-19(30-3)12-10-17)21(27)23-16-5-7-18(8-6-16)25(28)29/h5-12,15H,4,13-14H2,1-3H3,(H,22,26)(H,23,27). The van der Waals surface area contributed by atoms with Crippen LogP contribution < -0.4 is 20.3 Å². The summed E-state index contributed by atoms with van der Waals surface area (Å²) in [5.41, 5.74) is 1.04. The largest absolute Gasteiger partial charge is 0.497 e. The summed E-state index contributed by atoms with van der Waals surface area (Å²) in [6.07, 6.45) is 0.554. The quantitative estimate of drug-likeness (QED) is 0.368. The molecule has 2 aromatic carbocycles. The molecule has 0 heterocycles. The number of rotatable bonds is 9. The Kier molecular flexibility index (Phi) is 8.16. The van der Waals surface area contributed by atoms with Crippen molar-refractivity contribution in [2.75, 3.05) is 30.4 Å². The van der Waals surface area contributed by atoms with Crippen molar-refractivity contribution in [1.29, 1.82) is 0 Å². The maximum atomic E-state index is 12.9. The number of carbonyl (C=O) groups excluding carboxylic acids is 2. The molecule has 160 valence electrons. The summed E-state index contributed by atoms with van der Waals surface area (Å²) in [5, 5.41) is 16.4. The van der Waals surface area contributed by atoms with Gasteiger partial charge >= 0.3 is 6.03 Å². The summed E-state index contributed by atoms with van der Waals surface area (Å²) in [4.78, 5) is 36.4. The first-order valence-electron chi connectivity index (χ1n) is 9.56. The Bertz CT molecular complexity index is 866. The number of ether oxygens (including phenoxy) is 1. The molecule has 0 unspecified atom stereocenters. The van der Waals surface area contributed by atoms with Gasteiger partial charge in [-0.25, -0.2) is 4.79 Å². The molecule has 0 spiro atoms. The van der Waals surface area contributed by atoms with E-state index in [0.29, 0.717) is 36.6 Å². The van der Waals surface area contributed by atoms with Gasteiger partial charge in [-0.3, -0.25) is 19.8 Å². The molecule has 9 nitrogen and oxygen atoms in total. The van der Waals surface area contributed by atoms with Crippen molar-refractivity contribution in [3.63, 3.8) is 0 Å². The molecule has 0 aliphatic heterocycles. The van der Waals surface area contributed by atoms with Gasteiger partial charge in [0.1, 0.15) is 5.75 Å². The van der Waals surface area contributed by atoms with Crippen LogP contribution in [0.1, 0.15) is 20.3 Å². The van der Waals surface area contributed by atoms with E-state index in [9.17, 15) is 19.7 Å². The van der Waals surface area contributed by atoms with Crippen LogP contribution in [0, 0.1) is 16.0 Å². The molecule has 0 aliphatic rings. The van der Waals surface area contributed by atoms with Crippen LogP contribution in [0.3, 0.4) is 0 Å². The van der Waals surface area contributed by atoms with E-state index >= 15 is 0 Å². The first-order valence-corrected chi connectivity index (χ1v) is 9.56. The number of nitro benzene ring substituents is 1. The van der Waals surface area contributed by atoms with E-state index in [1.807, 2.05) is 13.8 Å². The fraction of sp³-hybridized carbons (Fsp3) is 0.333. The molecule has 9 heteroatoms. The first-order chi connectivity index (χ1) is 14.3. The lowest BCUT2D eigenvalue weighted by Crippen LogP contribution is -2.38. The van der Waals surface area contributed by atoms with Crippen LogP contribution in [0.2, 0.25) is 0 Å². The van der Waals surface area contributed by atoms with Crippen LogP contribution in [0.5, 0.6) is 5.75 Å². The van der Waals surface area contributed by atoms with Gasteiger partial charge in [0, 0.05) is 42.5 Å². The summed E-state index contributed by atoms with van der Waals surface area (Å²) in [6, 6.07) is 12.3. The number of non-ortho nitro benzene ring substituents is 1. The number of amides is 3. The molecule has 0 fully saturated rings. The van der Waals surface area contributed by atoms with E-state index in [-0.39, 0.29) is 23.5 Å². The van der Waals surface area contributed by atoms with E-state index in [0.717, 1.165) is 0 Å². The summed E-state index contributed by atoms with van der Waals surface area (Å²) < 4.78 is 5.16. The minimum atomic E-state index is -0.499. The van der Waals surface area contributed by atoms with Crippen molar-refractivity contribution >= 4 is 29.0 Å². The molecule has 2 aromatic rings. The number of nitrogens with one attached hydrogen (secondary N) is 2. The minimum Gasteiger partial charge on any atom is -0.497 e. The maximum absolute atomic E-state index is 12.9. The van der Waals surface area contributed by atoms with Crippen LogP contribution >= 0.6 is 0 Å². The second-order valence-electron chi connectivity index (χ2n) is 6.88. The number of nitrogens with zero attached hydrogens (tertiary/aromatic N) is 2. The predicted octanol–water partition coefficient (Wildman–Crippen LogP) is 3.80. The Hall–Kier alpha value is -3.62.